The SMILES string of the molecule is CC1CCCN(CCCNC(=O)c2cc(-c3ccccc3)c(N3CCOCC3)s2)C1. The van der Waals surface area contributed by atoms with Crippen LogP contribution in [-0.2, 0) is 4.74 Å². The summed E-state index contributed by atoms with van der Waals surface area (Å²) in [5, 5.41) is 4.32. The van der Waals surface area contributed by atoms with Gasteiger partial charge in [-0.3, -0.25) is 4.79 Å². The lowest BCUT2D eigenvalue weighted by Crippen LogP contribution is -2.36. The van der Waals surface area contributed by atoms with Gasteiger partial charge in [0.2, 0.25) is 0 Å². The van der Waals surface area contributed by atoms with E-state index < -0.39 is 0 Å². The highest BCUT2D eigenvalue weighted by molar-refractivity contribution is 7.18. The van der Waals surface area contributed by atoms with Crippen LogP contribution in [0.1, 0.15) is 35.9 Å². The van der Waals surface area contributed by atoms with E-state index in [1.807, 2.05) is 6.07 Å². The molecule has 2 saturated heterocycles. The van der Waals surface area contributed by atoms with E-state index in [2.05, 4.69) is 52.4 Å². The molecule has 1 aromatic heterocycles. The van der Waals surface area contributed by atoms with E-state index in [1.165, 1.54) is 30.9 Å². The van der Waals surface area contributed by atoms with Gasteiger partial charge >= 0.3 is 0 Å². The largest absolute Gasteiger partial charge is 0.378 e. The third-order valence-electron chi connectivity index (χ3n) is 6.00. The topological polar surface area (TPSA) is 44.8 Å². The molecule has 5 nitrogen and oxygen atoms in total. The predicted molar refractivity (Wildman–Crippen MR) is 125 cm³/mol. The Morgan fingerprint density at radius 2 is 2.00 bits per heavy atom. The first kappa shape index (κ1) is 21.3. The number of rotatable bonds is 7. The summed E-state index contributed by atoms with van der Waals surface area (Å²) in [4.78, 5) is 18.6. The summed E-state index contributed by atoms with van der Waals surface area (Å²) in [7, 11) is 0. The Kier molecular flexibility index (Phi) is 7.42. The fraction of sp³-hybridized carbons (Fsp3) is 0.542. The number of piperidine rings is 1. The van der Waals surface area contributed by atoms with E-state index in [-0.39, 0.29) is 5.91 Å². The first-order chi connectivity index (χ1) is 14.7. The van der Waals surface area contributed by atoms with Crippen LogP contribution in [0.4, 0.5) is 5.00 Å². The molecule has 6 heteroatoms. The number of likely N-dealkylation sites (tertiary alicyclic amines) is 1. The summed E-state index contributed by atoms with van der Waals surface area (Å²) in [5.41, 5.74) is 2.31. The fourth-order valence-electron chi connectivity index (χ4n) is 4.40. The standard InChI is InChI=1S/C24H33N3O2S/c1-19-7-5-11-26(18-19)12-6-10-25-23(28)22-17-21(20-8-3-2-4-9-20)24(30-22)27-13-15-29-16-14-27/h2-4,8-9,17,19H,5-7,10-16,18H2,1H3,(H,25,28). The molecule has 1 amide bonds. The molecule has 162 valence electrons. The second-order valence-electron chi connectivity index (χ2n) is 8.45. The highest BCUT2D eigenvalue weighted by Gasteiger charge is 2.22. The molecule has 2 aliphatic rings. The molecule has 0 bridgehead atoms. The van der Waals surface area contributed by atoms with Crippen LogP contribution >= 0.6 is 11.3 Å². The molecule has 0 saturated carbocycles. The number of carbonyl (C=O) groups is 1. The summed E-state index contributed by atoms with van der Waals surface area (Å²) in [6.07, 6.45) is 3.65. The van der Waals surface area contributed by atoms with E-state index >= 15 is 0 Å². The molecule has 1 atom stereocenters. The van der Waals surface area contributed by atoms with Crippen LogP contribution in [0.2, 0.25) is 0 Å². The van der Waals surface area contributed by atoms with Crippen molar-refractivity contribution in [2.75, 3.05) is 57.4 Å². The average molecular weight is 428 g/mol. The van der Waals surface area contributed by atoms with Gasteiger partial charge in [0, 0.05) is 31.7 Å². The number of nitrogens with zero attached hydrogens (tertiary/aromatic N) is 2. The van der Waals surface area contributed by atoms with Crippen LogP contribution < -0.4 is 10.2 Å². The van der Waals surface area contributed by atoms with Gasteiger partial charge in [-0.1, -0.05) is 37.3 Å². The lowest BCUT2D eigenvalue weighted by Gasteiger charge is -2.30. The maximum Gasteiger partial charge on any atom is 0.261 e. The van der Waals surface area contributed by atoms with Gasteiger partial charge in [-0.15, -0.1) is 11.3 Å². The number of hydrogen-bond acceptors (Lipinski definition) is 5. The summed E-state index contributed by atoms with van der Waals surface area (Å²) in [5.74, 6) is 0.846. The number of thiophene rings is 1. The van der Waals surface area contributed by atoms with Crippen molar-refractivity contribution in [2.45, 2.75) is 26.2 Å². The van der Waals surface area contributed by atoms with Crippen molar-refractivity contribution in [1.29, 1.82) is 0 Å². The third-order valence-corrected chi connectivity index (χ3v) is 7.19. The van der Waals surface area contributed by atoms with Gasteiger partial charge < -0.3 is 19.9 Å². The Morgan fingerprint density at radius 1 is 1.20 bits per heavy atom. The third kappa shape index (κ3) is 5.42. The van der Waals surface area contributed by atoms with Crippen molar-refractivity contribution in [1.82, 2.24) is 10.2 Å². The quantitative estimate of drug-likeness (QED) is 0.676. The van der Waals surface area contributed by atoms with Crippen LogP contribution in [-0.4, -0.2) is 63.3 Å². The molecule has 2 fully saturated rings. The Balaban J connectivity index is 1.39. The van der Waals surface area contributed by atoms with Crippen molar-refractivity contribution < 1.29 is 9.53 Å². The van der Waals surface area contributed by atoms with Crippen molar-refractivity contribution in [3.8, 4) is 11.1 Å². The molecule has 4 rings (SSSR count). The van der Waals surface area contributed by atoms with Gasteiger partial charge in [0.05, 0.1) is 23.1 Å². The minimum atomic E-state index is 0.0451. The van der Waals surface area contributed by atoms with E-state index in [9.17, 15) is 4.79 Å². The van der Waals surface area contributed by atoms with Crippen LogP contribution in [0.25, 0.3) is 11.1 Å². The smallest absolute Gasteiger partial charge is 0.261 e. The average Bonchev–Trinajstić information content (AvgIpc) is 3.24. The number of benzene rings is 1. The molecule has 1 N–H and O–H groups in total. The molecule has 0 aliphatic carbocycles. The molecule has 2 aromatic rings. The molecule has 2 aliphatic heterocycles. The van der Waals surface area contributed by atoms with E-state index in [1.54, 1.807) is 11.3 Å². The monoisotopic (exact) mass is 427 g/mol. The maximum absolute atomic E-state index is 12.9. The van der Waals surface area contributed by atoms with Crippen molar-refractivity contribution in [3.05, 3.63) is 41.3 Å². The lowest BCUT2D eigenvalue weighted by molar-refractivity contribution is 0.0954. The highest BCUT2D eigenvalue weighted by atomic mass is 32.1. The number of hydrogen-bond donors (Lipinski definition) is 1. The van der Waals surface area contributed by atoms with Crippen LogP contribution in [0, 0.1) is 5.92 Å². The molecular weight excluding hydrogens is 394 g/mol. The fourth-order valence-corrected chi connectivity index (χ4v) is 5.55. The van der Waals surface area contributed by atoms with Gasteiger partial charge in [0.25, 0.3) is 5.91 Å². The lowest BCUT2D eigenvalue weighted by atomic mass is 10.0. The maximum atomic E-state index is 12.9. The van der Waals surface area contributed by atoms with Gasteiger partial charge in [-0.2, -0.15) is 0 Å². The molecule has 1 aromatic carbocycles. The zero-order valence-electron chi connectivity index (χ0n) is 17.9. The number of nitrogens with one attached hydrogen (secondary N) is 1. The summed E-state index contributed by atoms with van der Waals surface area (Å²) in [6.45, 7) is 9.76. The van der Waals surface area contributed by atoms with Crippen LogP contribution in [0.15, 0.2) is 36.4 Å². The summed E-state index contributed by atoms with van der Waals surface area (Å²) < 4.78 is 5.52. The summed E-state index contributed by atoms with van der Waals surface area (Å²) in [6, 6.07) is 12.4. The molecule has 1 unspecified atom stereocenters. The first-order valence-corrected chi connectivity index (χ1v) is 12.0. The Morgan fingerprint density at radius 3 is 2.77 bits per heavy atom. The Labute approximate surface area is 184 Å². The number of ether oxygens (including phenoxy) is 1. The van der Waals surface area contributed by atoms with E-state index in [0.717, 1.165) is 67.7 Å². The number of amides is 1. The number of morpholine rings is 1. The van der Waals surface area contributed by atoms with E-state index in [4.69, 9.17) is 4.74 Å². The van der Waals surface area contributed by atoms with Crippen molar-refractivity contribution >= 4 is 22.2 Å². The van der Waals surface area contributed by atoms with Crippen LogP contribution in [0.5, 0.6) is 0 Å². The van der Waals surface area contributed by atoms with Gasteiger partial charge in [-0.05, 0) is 49.9 Å². The first-order valence-electron chi connectivity index (χ1n) is 11.2. The Bertz CT molecular complexity index is 817. The molecule has 30 heavy (non-hydrogen) atoms. The van der Waals surface area contributed by atoms with Gasteiger partial charge in [0.15, 0.2) is 0 Å². The molecular formula is C24H33N3O2S. The summed E-state index contributed by atoms with van der Waals surface area (Å²) >= 11 is 1.60. The minimum absolute atomic E-state index is 0.0451. The second kappa shape index (κ2) is 10.4. The molecule has 0 spiro atoms. The highest BCUT2D eigenvalue weighted by Crippen LogP contribution is 2.39. The normalized spacial score (nSPS) is 20.3. The zero-order valence-corrected chi connectivity index (χ0v) is 18.8. The Hall–Kier alpha value is -1.89. The van der Waals surface area contributed by atoms with Gasteiger partial charge in [0.1, 0.15) is 0 Å². The molecule has 3 heterocycles. The minimum Gasteiger partial charge on any atom is -0.378 e. The predicted octanol–water partition coefficient (Wildman–Crippen LogP) is 4.10. The van der Waals surface area contributed by atoms with Crippen LogP contribution in [0.3, 0.4) is 0 Å². The van der Waals surface area contributed by atoms with Crippen molar-refractivity contribution in [2.24, 2.45) is 5.92 Å². The van der Waals surface area contributed by atoms with Gasteiger partial charge in [-0.25, -0.2) is 0 Å². The number of carbonyl (C=O) groups excluding carboxylic acids is 1. The van der Waals surface area contributed by atoms with Crippen molar-refractivity contribution in [3.63, 3.8) is 0 Å². The number of anilines is 1. The molecule has 0 radical (unpaired) electrons. The van der Waals surface area contributed by atoms with E-state index in [0.29, 0.717) is 0 Å². The second-order valence-corrected chi connectivity index (χ2v) is 9.48. The zero-order chi connectivity index (χ0) is 20.8.